The minimum absolute atomic E-state index is 0.00852. The summed E-state index contributed by atoms with van der Waals surface area (Å²) in [6, 6.07) is 9.44. The zero-order valence-corrected chi connectivity index (χ0v) is 26.5. The normalized spacial score (nSPS) is 17.1. The SMILES string of the molecule is CC(C)Oc1nn(C2CCCCC2)c2nc(C(=O)NS(C)(=O)=O)cc(-c3ccc(C(=O)N4CCC(N(C)C)CC4)cc3)c12. The number of fused-ring (bicyclic) bond motifs is 1. The monoisotopic (exact) mass is 610 g/mol. The fraction of sp³-hybridized carbons (Fsp3) is 0.548. The Morgan fingerprint density at radius 1 is 1.02 bits per heavy atom. The van der Waals surface area contributed by atoms with Gasteiger partial charge in [0.1, 0.15) is 5.69 Å². The van der Waals surface area contributed by atoms with Gasteiger partial charge in [0.15, 0.2) is 5.65 Å². The number of carbonyl (C=O) groups is 2. The summed E-state index contributed by atoms with van der Waals surface area (Å²) in [6.07, 6.45) is 7.80. The molecule has 0 bridgehead atoms. The van der Waals surface area contributed by atoms with E-state index in [4.69, 9.17) is 9.84 Å². The number of sulfonamides is 1. The Bertz CT molecular complexity index is 1580. The number of piperidine rings is 1. The average Bonchev–Trinajstić information content (AvgIpc) is 3.33. The zero-order valence-electron chi connectivity index (χ0n) is 25.7. The van der Waals surface area contributed by atoms with E-state index in [1.165, 1.54) is 0 Å². The molecule has 232 valence electrons. The lowest BCUT2D eigenvalue weighted by Gasteiger charge is -2.35. The van der Waals surface area contributed by atoms with Crippen molar-refractivity contribution >= 4 is 32.9 Å². The predicted octanol–water partition coefficient (Wildman–Crippen LogP) is 4.25. The van der Waals surface area contributed by atoms with Gasteiger partial charge >= 0.3 is 0 Å². The summed E-state index contributed by atoms with van der Waals surface area (Å²) in [7, 11) is 0.337. The van der Waals surface area contributed by atoms with Gasteiger partial charge in [-0.2, -0.15) is 0 Å². The van der Waals surface area contributed by atoms with E-state index in [9.17, 15) is 18.0 Å². The molecule has 1 saturated heterocycles. The van der Waals surface area contributed by atoms with Gasteiger partial charge in [0.2, 0.25) is 15.9 Å². The molecule has 2 amide bonds. The number of nitrogens with zero attached hydrogens (tertiary/aromatic N) is 5. The second kappa shape index (κ2) is 12.6. The molecule has 11 nitrogen and oxygen atoms in total. The van der Waals surface area contributed by atoms with Crippen molar-refractivity contribution in [3.8, 4) is 17.0 Å². The van der Waals surface area contributed by atoms with E-state index in [-0.39, 0.29) is 23.7 Å². The Balaban J connectivity index is 1.57. The molecule has 5 rings (SSSR count). The number of hydrogen-bond donors (Lipinski definition) is 1. The van der Waals surface area contributed by atoms with Crippen LogP contribution >= 0.6 is 0 Å². The molecule has 1 aliphatic heterocycles. The summed E-state index contributed by atoms with van der Waals surface area (Å²) in [5.74, 6) is -0.413. The highest BCUT2D eigenvalue weighted by Gasteiger charge is 2.28. The van der Waals surface area contributed by atoms with Crippen LogP contribution in [0.15, 0.2) is 30.3 Å². The van der Waals surface area contributed by atoms with Crippen LogP contribution in [0.25, 0.3) is 22.2 Å². The number of nitrogens with one attached hydrogen (secondary N) is 1. The summed E-state index contributed by atoms with van der Waals surface area (Å²) in [5, 5.41) is 5.51. The molecule has 12 heteroatoms. The molecule has 1 aliphatic carbocycles. The highest BCUT2D eigenvalue weighted by Crippen LogP contribution is 2.39. The molecule has 0 unspecified atom stereocenters. The minimum Gasteiger partial charge on any atom is -0.473 e. The second-order valence-electron chi connectivity index (χ2n) is 12.2. The lowest BCUT2D eigenvalue weighted by atomic mass is 9.95. The van der Waals surface area contributed by atoms with E-state index in [0.717, 1.165) is 56.8 Å². The van der Waals surface area contributed by atoms with Crippen molar-refractivity contribution in [2.45, 2.75) is 77.0 Å². The molecule has 0 spiro atoms. The maximum atomic E-state index is 13.3. The van der Waals surface area contributed by atoms with E-state index >= 15 is 0 Å². The molecule has 0 atom stereocenters. The predicted molar refractivity (Wildman–Crippen MR) is 166 cm³/mol. The van der Waals surface area contributed by atoms with Crippen molar-refractivity contribution in [3.63, 3.8) is 0 Å². The van der Waals surface area contributed by atoms with Crippen LogP contribution in [-0.4, -0.2) is 90.4 Å². The standard InChI is InChI=1S/C31H42N6O5S/c1-20(2)42-30-27-25(21-11-13-22(14-12-21)31(39)36-17-15-23(16-18-36)35(3)4)19-26(29(38)34-43(5,40)41)32-28(27)37(33-30)24-9-7-6-8-10-24/h11-14,19-20,23-24H,6-10,15-18H2,1-5H3,(H,34,38). The lowest BCUT2D eigenvalue weighted by Crippen LogP contribution is -2.44. The number of pyridine rings is 1. The Hall–Kier alpha value is -3.51. The maximum absolute atomic E-state index is 13.3. The first-order chi connectivity index (χ1) is 20.4. The first-order valence-electron chi connectivity index (χ1n) is 15.1. The molecular weight excluding hydrogens is 568 g/mol. The first-order valence-corrected chi connectivity index (χ1v) is 17.0. The van der Waals surface area contributed by atoms with Gasteiger partial charge in [-0.25, -0.2) is 22.8 Å². The molecule has 2 aliphatic rings. The van der Waals surface area contributed by atoms with Gasteiger partial charge in [-0.1, -0.05) is 31.4 Å². The third-order valence-corrected chi connectivity index (χ3v) is 8.89. The summed E-state index contributed by atoms with van der Waals surface area (Å²) < 4.78 is 33.9. The van der Waals surface area contributed by atoms with Crippen molar-refractivity contribution < 1.29 is 22.7 Å². The van der Waals surface area contributed by atoms with Crippen LogP contribution in [0.1, 0.15) is 85.7 Å². The van der Waals surface area contributed by atoms with Crippen LogP contribution in [-0.2, 0) is 10.0 Å². The van der Waals surface area contributed by atoms with Crippen LogP contribution in [0.5, 0.6) is 5.88 Å². The minimum atomic E-state index is -3.81. The van der Waals surface area contributed by atoms with E-state index in [2.05, 4.69) is 24.0 Å². The Morgan fingerprint density at radius 3 is 2.26 bits per heavy atom. The molecule has 1 saturated carbocycles. The number of carbonyl (C=O) groups excluding carboxylic acids is 2. The summed E-state index contributed by atoms with van der Waals surface area (Å²) in [4.78, 5) is 35.2. The van der Waals surface area contributed by atoms with Crippen LogP contribution in [0.2, 0.25) is 0 Å². The van der Waals surface area contributed by atoms with Crippen molar-refractivity contribution in [2.24, 2.45) is 0 Å². The molecule has 0 radical (unpaired) electrons. The second-order valence-corrected chi connectivity index (χ2v) is 14.0. The smallest absolute Gasteiger partial charge is 0.283 e. The number of hydrogen-bond acceptors (Lipinski definition) is 8. The summed E-state index contributed by atoms with van der Waals surface area (Å²) in [5.41, 5.74) is 2.39. The van der Waals surface area contributed by atoms with Gasteiger partial charge in [-0.05, 0) is 77.4 Å². The van der Waals surface area contributed by atoms with Crippen molar-refractivity contribution in [3.05, 3.63) is 41.6 Å². The molecule has 2 aromatic heterocycles. The van der Waals surface area contributed by atoms with Crippen LogP contribution < -0.4 is 9.46 Å². The maximum Gasteiger partial charge on any atom is 0.283 e. The molecule has 43 heavy (non-hydrogen) atoms. The molecule has 2 fully saturated rings. The number of amides is 2. The van der Waals surface area contributed by atoms with Gasteiger partial charge in [-0.3, -0.25) is 9.59 Å². The van der Waals surface area contributed by atoms with Gasteiger partial charge in [0.25, 0.3) is 11.8 Å². The number of rotatable bonds is 8. The third kappa shape index (κ3) is 7.01. The first kappa shape index (κ1) is 30.9. The van der Waals surface area contributed by atoms with Crippen LogP contribution in [0, 0.1) is 0 Å². The molecule has 1 N–H and O–H groups in total. The molecule has 3 heterocycles. The van der Waals surface area contributed by atoms with E-state index < -0.39 is 15.9 Å². The van der Waals surface area contributed by atoms with Gasteiger partial charge in [-0.15, -0.1) is 5.10 Å². The Kier molecular flexibility index (Phi) is 9.07. The van der Waals surface area contributed by atoms with Gasteiger partial charge < -0.3 is 14.5 Å². The van der Waals surface area contributed by atoms with Crippen molar-refractivity contribution in [1.29, 1.82) is 0 Å². The van der Waals surface area contributed by atoms with Crippen LogP contribution in [0.4, 0.5) is 0 Å². The Morgan fingerprint density at radius 2 is 1.67 bits per heavy atom. The lowest BCUT2D eigenvalue weighted by molar-refractivity contribution is 0.0663. The summed E-state index contributed by atoms with van der Waals surface area (Å²) >= 11 is 0. The van der Waals surface area contributed by atoms with E-state index in [0.29, 0.717) is 47.2 Å². The van der Waals surface area contributed by atoms with E-state index in [1.807, 2.05) is 40.3 Å². The molecule has 1 aromatic carbocycles. The average molecular weight is 611 g/mol. The number of benzene rings is 1. The number of ether oxygens (including phenoxy) is 1. The highest BCUT2D eigenvalue weighted by molar-refractivity contribution is 7.89. The van der Waals surface area contributed by atoms with Crippen molar-refractivity contribution in [2.75, 3.05) is 33.4 Å². The quantitative estimate of drug-likeness (QED) is 0.401. The Labute approximate surface area is 253 Å². The van der Waals surface area contributed by atoms with Crippen molar-refractivity contribution in [1.82, 2.24) is 29.3 Å². The third-order valence-electron chi connectivity index (χ3n) is 8.33. The summed E-state index contributed by atoms with van der Waals surface area (Å²) in [6.45, 7) is 5.27. The van der Waals surface area contributed by atoms with Gasteiger partial charge in [0.05, 0.1) is 23.8 Å². The zero-order chi connectivity index (χ0) is 30.9. The molecular formula is C31H42N6O5S. The topological polar surface area (TPSA) is 127 Å². The fourth-order valence-corrected chi connectivity index (χ4v) is 6.56. The van der Waals surface area contributed by atoms with E-state index in [1.54, 1.807) is 18.2 Å². The highest BCUT2D eigenvalue weighted by atomic mass is 32.2. The molecule has 3 aromatic rings. The number of aromatic nitrogens is 3. The van der Waals surface area contributed by atoms with Crippen LogP contribution in [0.3, 0.4) is 0 Å². The number of likely N-dealkylation sites (tertiary alicyclic amines) is 1. The largest absolute Gasteiger partial charge is 0.473 e. The van der Waals surface area contributed by atoms with Gasteiger partial charge in [0, 0.05) is 30.3 Å². The fourth-order valence-electron chi connectivity index (χ4n) is 6.11.